The summed E-state index contributed by atoms with van der Waals surface area (Å²) in [5.41, 5.74) is 6.17. The van der Waals surface area contributed by atoms with Crippen molar-refractivity contribution in [1.29, 1.82) is 0 Å². The topological polar surface area (TPSA) is 97.1 Å². The molecule has 0 spiro atoms. The number of piperidine rings is 1. The average Bonchev–Trinajstić information content (AvgIpc) is 2.69. The number of carbonyl (C=O) groups excluding carboxylic acids is 2. The Morgan fingerprint density at radius 1 is 1.30 bits per heavy atom. The number of benzene rings is 1. The number of ether oxygens (including phenoxy) is 2. The van der Waals surface area contributed by atoms with Gasteiger partial charge in [-0.2, -0.15) is 0 Å². The van der Waals surface area contributed by atoms with E-state index in [2.05, 4.69) is 10.2 Å². The third-order valence-electron chi connectivity index (χ3n) is 5.14. The maximum absolute atomic E-state index is 12.7. The van der Waals surface area contributed by atoms with Crippen LogP contribution in [0.25, 0.3) is 0 Å². The van der Waals surface area contributed by atoms with Crippen LogP contribution in [0.3, 0.4) is 0 Å². The molecule has 2 aliphatic rings. The second kappa shape index (κ2) is 9.05. The monoisotopic (exact) mass is 376 g/mol. The summed E-state index contributed by atoms with van der Waals surface area (Å²) in [6.45, 7) is 5.98. The van der Waals surface area contributed by atoms with Crippen LogP contribution in [0.2, 0.25) is 0 Å². The fraction of sp³-hybridized carbons (Fsp3) is 0.579. The number of likely N-dealkylation sites (tertiary alicyclic amines) is 1. The maximum Gasteiger partial charge on any atom is 0.321 e. The molecule has 2 fully saturated rings. The minimum atomic E-state index is -0.591. The number of amides is 3. The van der Waals surface area contributed by atoms with Crippen molar-refractivity contribution in [2.75, 3.05) is 58.4 Å². The van der Waals surface area contributed by atoms with E-state index in [0.717, 1.165) is 58.8 Å². The molecule has 0 aliphatic carbocycles. The Labute approximate surface area is 159 Å². The molecule has 3 amide bonds. The second-order valence-electron chi connectivity index (χ2n) is 7.08. The van der Waals surface area contributed by atoms with Crippen LogP contribution in [0.15, 0.2) is 18.2 Å². The number of anilines is 1. The number of carbonyl (C=O) groups is 2. The molecule has 3 N–H and O–H groups in total. The molecule has 1 aromatic carbocycles. The standard InChI is InChI=1S/C19H28N4O4/c1-26-17-5-4-15(11-16(17)18(20)24)21-19(25)23-6-2-3-14(13-23)12-22-7-9-27-10-8-22/h4-5,11,14H,2-3,6-10,12-13H2,1H3,(H2,20,24)(H,21,25)/t14-/m0/s1. The minimum Gasteiger partial charge on any atom is -0.496 e. The normalized spacial score (nSPS) is 20.9. The third kappa shape index (κ3) is 5.11. The molecule has 27 heavy (non-hydrogen) atoms. The van der Waals surface area contributed by atoms with Gasteiger partial charge >= 0.3 is 6.03 Å². The summed E-state index contributed by atoms with van der Waals surface area (Å²) in [5, 5.41) is 2.87. The van der Waals surface area contributed by atoms with Crippen LogP contribution in [-0.2, 0) is 4.74 Å². The summed E-state index contributed by atoms with van der Waals surface area (Å²) >= 11 is 0. The van der Waals surface area contributed by atoms with Crippen molar-refractivity contribution >= 4 is 17.6 Å². The summed E-state index contributed by atoms with van der Waals surface area (Å²) in [4.78, 5) is 28.5. The van der Waals surface area contributed by atoms with E-state index < -0.39 is 5.91 Å². The summed E-state index contributed by atoms with van der Waals surface area (Å²) in [6.07, 6.45) is 2.13. The number of hydrogen-bond donors (Lipinski definition) is 2. The van der Waals surface area contributed by atoms with E-state index in [1.807, 2.05) is 4.90 Å². The highest BCUT2D eigenvalue weighted by molar-refractivity contribution is 5.98. The van der Waals surface area contributed by atoms with Gasteiger partial charge in [0.1, 0.15) is 5.75 Å². The number of morpholine rings is 1. The van der Waals surface area contributed by atoms with E-state index in [1.54, 1.807) is 18.2 Å². The van der Waals surface area contributed by atoms with Crippen molar-refractivity contribution in [3.8, 4) is 5.75 Å². The van der Waals surface area contributed by atoms with Crippen molar-refractivity contribution < 1.29 is 19.1 Å². The van der Waals surface area contributed by atoms with E-state index >= 15 is 0 Å². The first-order valence-electron chi connectivity index (χ1n) is 9.40. The van der Waals surface area contributed by atoms with Gasteiger partial charge < -0.3 is 25.4 Å². The number of hydrogen-bond acceptors (Lipinski definition) is 5. The third-order valence-corrected chi connectivity index (χ3v) is 5.14. The lowest BCUT2D eigenvalue weighted by Crippen LogP contribution is -2.47. The first kappa shape index (κ1) is 19.4. The van der Waals surface area contributed by atoms with Crippen LogP contribution in [0.5, 0.6) is 5.75 Å². The molecule has 2 saturated heterocycles. The average molecular weight is 376 g/mol. The largest absolute Gasteiger partial charge is 0.496 e. The second-order valence-corrected chi connectivity index (χ2v) is 7.08. The highest BCUT2D eigenvalue weighted by Crippen LogP contribution is 2.23. The molecule has 8 heteroatoms. The summed E-state index contributed by atoms with van der Waals surface area (Å²) in [7, 11) is 1.47. The molecule has 2 aliphatic heterocycles. The van der Waals surface area contributed by atoms with Crippen LogP contribution in [0.4, 0.5) is 10.5 Å². The van der Waals surface area contributed by atoms with Crippen LogP contribution < -0.4 is 15.8 Å². The van der Waals surface area contributed by atoms with Crippen molar-refractivity contribution in [3.63, 3.8) is 0 Å². The van der Waals surface area contributed by atoms with Crippen molar-refractivity contribution in [1.82, 2.24) is 9.80 Å². The van der Waals surface area contributed by atoms with Gasteiger partial charge in [-0.15, -0.1) is 0 Å². The zero-order valence-corrected chi connectivity index (χ0v) is 15.8. The fourth-order valence-corrected chi connectivity index (χ4v) is 3.73. The van der Waals surface area contributed by atoms with Gasteiger partial charge in [-0.3, -0.25) is 9.69 Å². The fourth-order valence-electron chi connectivity index (χ4n) is 3.73. The van der Waals surface area contributed by atoms with Crippen molar-refractivity contribution in [3.05, 3.63) is 23.8 Å². The molecule has 1 atom stereocenters. The van der Waals surface area contributed by atoms with Gasteiger partial charge in [0, 0.05) is 38.4 Å². The predicted octanol–water partition coefficient (Wildman–Crippen LogP) is 1.37. The van der Waals surface area contributed by atoms with Crippen LogP contribution in [0.1, 0.15) is 23.2 Å². The van der Waals surface area contributed by atoms with Crippen LogP contribution in [0, 0.1) is 5.92 Å². The number of primary amides is 1. The molecule has 0 aromatic heterocycles. The lowest BCUT2D eigenvalue weighted by atomic mass is 9.97. The van der Waals surface area contributed by atoms with Gasteiger partial charge in [0.2, 0.25) is 0 Å². The Hall–Kier alpha value is -2.32. The molecule has 0 unspecified atom stereocenters. The minimum absolute atomic E-state index is 0.151. The van der Waals surface area contributed by atoms with Crippen LogP contribution in [-0.4, -0.2) is 74.8 Å². The lowest BCUT2D eigenvalue weighted by molar-refractivity contribution is 0.0252. The number of nitrogens with two attached hydrogens (primary N) is 1. The van der Waals surface area contributed by atoms with E-state index in [-0.39, 0.29) is 11.6 Å². The zero-order chi connectivity index (χ0) is 19.2. The number of nitrogens with one attached hydrogen (secondary N) is 1. The number of methoxy groups -OCH3 is 1. The molecule has 0 saturated carbocycles. The van der Waals surface area contributed by atoms with Gasteiger partial charge in [-0.25, -0.2) is 4.79 Å². The molecule has 0 bridgehead atoms. The van der Waals surface area contributed by atoms with Gasteiger partial charge in [-0.1, -0.05) is 0 Å². The summed E-state index contributed by atoms with van der Waals surface area (Å²) < 4.78 is 10.5. The van der Waals surface area contributed by atoms with Crippen LogP contribution >= 0.6 is 0 Å². The number of nitrogens with zero attached hydrogens (tertiary/aromatic N) is 2. The SMILES string of the molecule is COc1ccc(NC(=O)N2CCC[C@@H](CN3CCOCC3)C2)cc1C(N)=O. The molecule has 148 valence electrons. The number of rotatable bonds is 5. The first-order chi connectivity index (χ1) is 13.1. The Kier molecular flexibility index (Phi) is 6.52. The Balaban J connectivity index is 1.58. The van der Waals surface area contributed by atoms with Gasteiger partial charge in [-0.05, 0) is 37.0 Å². The van der Waals surface area contributed by atoms with E-state index in [0.29, 0.717) is 17.4 Å². The van der Waals surface area contributed by atoms with E-state index in [4.69, 9.17) is 15.2 Å². The molecular weight excluding hydrogens is 348 g/mol. The molecule has 3 rings (SSSR count). The van der Waals surface area contributed by atoms with E-state index in [1.165, 1.54) is 7.11 Å². The Bertz CT molecular complexity index is 676. The lowest BCUT2D eigenvalue weighted by Gasteiger charge is -2.36. The smallest absolute Gasteiger partial charge is 0.321 e. The summed E-state index contributed by atoms with van der Waals surface area (Å²) in [5.74, 6) is 0.273. The molecule has 8 nitrogen and oxygen atoms in total. The summed E-state index contributed by atoms with van der Waals surface area (Å²) in [6, 6.07) is 4.74. The highest BCUT2D eigenvalue weighted by Gasteiger charge is 2.26. The predicted molar refractivity (Wildman–Crippen MR) is 102 cm³/mol. The molecule has 0 radical (unpaired) electrons. The zero-order valence-electron chi connectivity index (χ0n) is 15.8. The Morgan fingerprint density at radius 2 is 2.07 bits per heavy atom. The maximum atomic E-state index is 12.7. The number of urea groups is 1. The Morgan fingerprint density at radius 3 is 2.78 bits per heavy atom. The quantitative estimate of drug-likeness (QED) is 0.809. The van der Waals surface area contributed by atoms with Gasteiger partial charge in [0.05, 0.1) is 25.9 Å². The molecular formula is C19H28N4O4. The van der Waals surface area contributed by atoms with Gasteiger partial charge in [0.25, 0.3) is 5.91 Å². The van der Waals surface area contributed by atoms with Crippen molar-refractivity contribution in [2.24, 2.45) is 11.7 Å². The molecule has 1 aromatic rings. The van der Waals surface area contributed by atoms with E-state index in [9.17, 15) is 9.59 Å². The highest BCUT2D eigenvalue weighted by atomic mass is 16.5. The first-order valence-corrected chi connectivity index (χ1v) is 9.40. The van der Waals surface area contributed by atoms with Gasteiger partial charge in [0.15, 0.2) is 0 Å². The molecule has 2 heterocycles. The van der Waals surface area contributed by atoms with Crippen molar-refractivity contribution in [2.45, 2.75) is 12.8 Å².